The number of hydrogen-bond donors (Lipinski definition) is 0. The first-order chi connectivity index (χ1) is 9.06. The lowest BCUT2D eigenvalue weighted by molar-refractivity contribution is 0.971. The Morgan fingerprint density at radius 1 is 0.947 bits per heavy atom. The van der Waals surface area contributed by atoms with Crippen molar-refractivity contribution in [1.82, 2.24) is 0 Å². The van der Waals surface area contributed by atoms with Crippen LogP contribution in [0.1, 0.15) is 11.1 Å². The van der Waals surface area contributed by atoms with Crippen LogP contribution in [0.2, 0.25) is 0 Å². The average Bonchev–Trinajstić information content (AvgIpc) is 2.39. The fourth-order valence-corrected chi connectivity index (χ4v) is 1.82. The van der Waals surface area contributed by atoms with Gasteiger partial charge in [0, 0.05) is 17.9 Å². The SMILES string of the molecule is Cc1ccc(N([O-])Cc2cccc(N(C)[O-])c2)cc1. The smallest absolute Gasteiger partial charge is 0.0316 e. The average molecular weight is 256 g/mol. The first-order valence-corrected chi connectivity index (χ1v) is 6.07. The highest BCUT2D eigenvalue weighted by atomic mass is 16.5. The molecule has 0 saturated carbocycles. The summed E-state index contributed by atoms with van der Waals surface area (Å²) in [6, 6.07) is 14.5. The van der Waals surface area contributed by atoms with Crippen molar-refractivity contribution in [3.63, 3.8) is 0 Å². The van der Waals surface area contributed by atoms with E-state index < -0.39 is 0 Å². The summed E-state index contributed by atoms with van der Waals surface area (Å²) in [4.78, 5) is 0. The molecule has 0 aliphatic carbocycles. The third-order valence-corrected chi connectivity index (χ3v) is 2.92. The molecule has 4 heteroatoms. The van der Waals surface area contributed by atoms with Crippen LogP contribution in [0.3, 0.4) is 0 Å². The molecule has 0 aromatic heterocycles. The molecule has 0 aliphatic heterocycles. The van der Waals surface area contributed by atoms with E-state index in [-0.39, 0.29) is 6.54 Å². The summed E-state index contributed by atoms with van der Waals surface area (Å²) in [6.07, 6.45) is 0. The molecule has 0 amide bonds. The van der Waals surface area contributed by atoms with Crippen LogP contribution >= 0.6 is 0 Å². The van der Waals surface area contributed by atoms with Crippen LogP contribution in [-0.2, 0) is 6.54 Å². The maximum atomic E-state index is 12.0. The van der Waals surface area contributed by atoms with E-state index in [1.165, 1.54) is 7.05 Å². The van der Waals surface area contributed by atoms with Crippen molar-refractivity contribution in [3.8, 4) is 0 Å². The monoisotopic (exact) mass is 256 g/mol. The standard InChI is InChI=1S/C15H16N2O2/c1-12-6-8-14(9-7-12)17(19)11-13-4-3-5-15(10-13)16(2)18/h3-10H,11H2,1-2H3/q-2. The summed E-state index contributed by atoms with van der Waals surface area (Å²) in [5, 5.41) is 24.9. The number of anilines is 2. The van der Waals surface area contributed by atoms with Crippen molar-refractivity contribution in [1.29, 1.82) is 0 Å². The Labute approximate surface area is 113 Å². The van der Waals surface area contributed by atoms with Crippen molar-refractivity contribution < 1.29 is 0 Å². The van der Waals surface area contributed by atoms with Crippen LogP contribution in [0.25, 0.3) is 0 Å². The predicted molar refractivity (Wildman–Crippen MR) is 78.9 cm³/mol. The predicted octanol–water partition coefficient (Wildman–Crippen LogP) is 3.43. The molecular formula is C15H16N2O2-2. The highest BCUT2D eigenvalue weighted by Crippen LogP contribution is 2.19. The van der Waals surface area contributed by atoms with E-state index in [9.17, 15) is 10.4 Å². The van der Waals surface area contributed by atoms with E-state index in [1.54, 1.807) is 30.3 Å². The lowest BCUT2D eigenvalue weighted by Crippen LogP contribution is -2.14. The van der Waals surface area contributed by atoms with Gasteiger partial charge in [0.25, 0.3) is 0 Å². The number of benzene rings is 2. The minimum Gasteiger partial charge on any atom is -0.758 e. The highest BCUT2D eigenvalue weighted by Gasteiger charge is 1.99. The molecule has 0 atom stereocenters. The van der Waals surface area contributed by atoms with Gasteiger partial charge in [-0.1, -0.05) is 29.8 Å². The van der Waals surface area contributed by atoms with Gasteiger partial charge in [0.2, 0.25) is 0 Å². The molecule has 2 rings (SSSR count). The summed E-state index contributed by atoms with van der Waals surface area (Å²) < 4.78 is 0. The zero-order valence-corrected chi connectivity index (χ0v) is 11.0. The summed E-state index contributed by atoms with van der Waals surface area (Å²) >= 11 is 0. The van der Waals surface area contributed by atoms with Crippen molar-refractivity contribution in [2.24, 2.45) is 0 Å². The second kappa shape index (κ2) is 5.73. The molecule has 4 nitrogen and oxygen atoms in total. The number of hydroxylamine groups is 2. The first-order valence-electron chi connectivity index (χ1n) is 6.07. The molecule has 0 spiro atoms. The quantitative estimate of drug-likeness (QED) is 0.786. The molecule has 0 radical (unpaired) electrons. The van der Waals surface area contributed by atoms with E-state index in [1.807, 2.05) is 25.1 Å². The molecular weight excluding hydrogens is 240 g/mol. The zero-order valence-electron chi connectivity index (χ0n) is 11.0. The Bertz CT molecular complexity index is 538. The Balaban J connectivity index is 2.12. The number of rotatable bonds is 4. The van der Waals surface area contributed by atoms with Gasteiger partial charge in [-0.2, -0.15) is 0 Å². The lowest BCUT2D eigenvalue weighted by atomic mass is 10.2. The van der Waals surface area contributed by atoms with Crippen LogP contribution in [0.15, 0.2) is 48.5 Å². The van der Waals surface area contributed by atoms with Crippen LogP contribution in [-0.4, -0.2) is 7.05 Å². The van der Waals surface area contributed by atoms with Crippen LogP contribution in [0, 0.1) is 17.3 Å². The zero-order chi connectivity index (χ0) is 13.8. The summed E-state index contributed by atoms with van der Waals surface area (Å²) in [6.45, 7) is 2.21. The second-order valence-electron chi connectivity index (χ2n) is 4.54. The van der Waals surface area contributed by atoms with Crippen LogP contribution < -0.4 is 10.1 Å². The van der Waals surface area contributed by atoms with Crippen LogP contribution in [0.5, 0.6) is 0 Å². The molecule has 0 heterocycles. The van der Waals surface area contributed by atoms with Gasteiger partial charge in [-0.3, -0.25) is 0 Å². The third kappa shape index (κ3) is 3.47. The Hall–Kier alpha value is -2.04. The van der Waals surface area contributed by atoms with Crippen molar-refractivity contribution in [3.05, 3.63) is 70.1 Å². The van der Waals surface area contributed by atoms with Crippen molar-refractivity contribution in [2.75, 3.05) is 17.2 Å². The van der Waals surface area contributed by atoms with Crippen LogP contribution in [0.4, 0.5) is 11.4 Å². The molecule has 2 aromatic rings. The number of hydrogen-bond acceptors (Lipinski definition) is 4. The number of aryl methyl sites for hydroxylation is 1. The minimum atomic E-state index is 0.227. The first kappa shape index (κ1) is 13.4. The van der Waals surface area contributed by atoms with Crippen molar-refractivity contribution >= 4 is 11.4 Å². The summed E-state index contributed by atoms with van der Waals surface area (Å²) in [5.41, 5.74) is 3.10. The molecule has 2 aromatic carbocycles. The highest BCUT2D eigenvalue weighted by molar-refractivity contribution is 5.52. The van der Waals surface area contributed by atoms with Gasteiger partial charge in [-0.15, -0.1) is 0 Å². The van der Waals surface area contributed by atoms with Gasteiger partial charge in [0.1, 0.15) is 0 Å². The molecule has 19 heavy (non-hydrogen) atoms. The number of nitrogens with zero attached hydrogens (tertiary/aromatic N) is 2. The molecule has 100 valence electrons. The van der Waals surface area contributed by atoms with Gasteiger partial charge >= 0.3 is 0 Å². The topological polar surface area (TPSA) is 52.6 Å². The molecule has 0 aliphatic rings. The molecule has 0 bridgehead atoms. The minimum absolute atomic E-state index is 0.227. The Kier molecular flexibility index (Phi) is 4.04. The van der Waals surface area contributed by atoms with E-state index in [0.717, 1.165) is 21.3 Å². The second-order valence-corrected chi connectivity index (χ2v) is 4.54. The fraction of sp³-hybridized carbons (Fsp3) is 0.200. The van der Waals surface area contributed by atoms with Gasteiger partial charge < -0.3 is 20.5 Å². The summed E-state index contributed by atoms with van der Waals surface area (Å²) in [7, 11) is 1.44. The maximum absolute atomic E-state index is 12.0. The summed E-state index contributed by atoms with van der Waals surface area (Å²) in [5.74, 6) is 0. The Morgan fingerprint density at radius 3 is 2.26 bits per heavy atom. The van der Waals surface area contributed by atoms with Gasteiger partial charge in [-0.05, 0) is 43.8 Å². The molecule has 0 fully saturated rings. The third-order valence-electron chi connectivity index (χ3n) is 2.92. The molecule has 0 unspecified atom stereocenters. The van der Waals surface area contributed by atoms with E-state index in [0.29, 0.717) is 11.4 Å². The van der Waals surface area contributed by atoms with E-state index in [2.05, 4.69) is 0 Å². The normalized spacial score (nSPS) is 10.3. The van der Waals surface area contributed by atoms with Gasteiger partial charge in [-0.25, -0.2) is 0 Å². The van der Waals surface area contributed by atoms with Crippen molar-refractivity contribution in [2.45, 2.75) is 13.5 Å². The van der Waals surface area contributed by atoms with E-state index >= 15 is 0 Å². The van der Waals surface area contributed by atoms with E-state index in [4.69, 9.17) is 0 Å². The lowest BCUT2D eigenvalue weighted by Gasteiger charge is -2.32. The largest absolute Gasteiger partial charge is 0.758 e. The molecule has 0 saturated heterocycles. The maximum Gasteiger partial charge on any atom is 0.0316 e. The Morgan fingerprint density at radius 2 is 1.63 bits per heavy atom. The van der Waals surface area contributed by atoms with Gasteiger partial charge in [0.15, 0.2) is 0 Å². The van der Waals surface area contributed by atoms with Gasteiger partial charge in [0.05, 0.1) is 0 Å². The fourth-order valence-electron chi connectivity index (χ4n) is 1.82. The molecule has 0 N–H and O–H groups in total.